The van der Waals surface area contributed by atoms with E-state index in [0.717, 1.165) is 5.57 Å². The number of carbonyl (C=O) groups excluding carboxylic acids is 1. The Morgan fingerprint density at radius 2 is 2.00 bits per heavy atom. The van der Waals surface area contributed by atoms with Gasteiger partial charge in [-0.25, -0.2) is 0 Å². The number of hydrogen-bond donors (Lipinski definition) is 3. The van der Waals surface area contributed by atoms with E-state index in [4.69, 9.17) is 5.11 Å². The molecule has 1 aromatic carbocycles. The van der Waals surface area contributed by atoms with Crippen LogP contribution in [-0.2, 0) is 0 Å². The first-order valence-corrected chi connectivity index (χ1v) is 4.94. The molecule has 0 bridgehead atoms. The molecule has 0 aromatic heterocycles. The monoisotopic (exact) mass is 221 g/mol. The van der Waals surface area contributed by atoms with E-state index in [-0.39, 0.29) is 17.4 Å². The molecule has 0 aliphatic rings. The molecule has 0 fully saturated rings. The van der Waals surface area contributed by atoms with Crippen molar-refractivity contribution in [3.63, 3.8) is 0 Å². The lowest BCUT2D eigenvalue weighted by molar-refractivity contribution is 0.0957. The Morgan fingerprint density at radius 1 is 1.31 bits per heavy atom. The second kappa shape index (κ2) is 5.21. The van der Waals surface area contributed by atoms with Crippen LogP contribution in [0, 0.1) is 0 Å². The summed E-state index contributed by atoms with van der Waals surface area (Å²) in [7, 11) is 0. The zero-order valence-corrected chi connectivity index (χ0v) is 9.32. The molecule has 0 heterocycles. The standard InChI is InChI=1S/C12H15NO3/c1-8(2)5-6-13-12(16)9-3-4-10(14)11(15)7-9/h3-5,7,14-15H,6H2,1-2H3,(H,13,16). The van der Waals surface area contributed by atoms with E-state index in [9.17, 15) is 9.90 Å². The van der Waals surface area contributed by atoms with Crippen LogP contribution in [0.2, 0.25) is 0 Å². The number of hydrogen-bond acceptors (Lipinski definition) is 3. The smallest absolute Gasteiger partial charge is 0.251 e. The fourth-order valence-electron chi connectivity index (χ4n) is 1.11. The summed E-state index contributed by atoms with van der Waals surface area (Å²) in [6, 6.07) is 3.96. The van der Waals surface area contributed by atoms with Crippen LogP contribution in [0.1, 0.15) is 24.2 Å². The van der Waals surface area contributed by atoms with Crippen LogP contribution >= 0.6 is 0 Å². The van der Waals surface area contributed by atoms with Gasteiger partial charge in [0.05, 0.1) is 0 Å². The molecule has 1 aromatic rings. The minimum absolute atomic E-state index is 0.235. The second-order valence-electron chi connectivity index (χ2n) is 3.69. The molecule has 0 radical (unpaired) electrons. The molecule has 0 atom stereocenters. The number of amides is 1. The maximum Gasteiger partial charge on any atom is 0.251 e. The minimum Gasteiger partial charge on any atom is -0.504 e. The normalized spacial score (nSPS) is 9.62. The molecule has 0 aliphatic heterocycles. The van der Waals surface area contributed by atoms with Crippen molar-refractivity contribution in [2.24, 2.45) is 0 Å². The first kappa shape index (κ1) is 12.1. The van der Waals surface area contributed by atoms with Crippen LogP contribution in [-0.4, -0.2) is 22.7 Å². The molecule has 0 spiro atoms. The molecule has 16 heavy (non-hydrogen) atoms. The lowest BCUT2D eigenvalue weighted by Crippen LogP contribution is -2.23. The topological polar surface area (TPSA) is 69.6 Å². The Morgan fingerprint density at radius 3 is 2.56 bits per heavy atom. The molecular formula is C12H15NO3. The Bertz CT molecular complexity index is 420. The molecule has 0 saturated carbocycles. The van der Waals surface area contributed by atoms with Crippen molar-refractivity contribution >= 4 is 5.91 Å². The summed E-state index contributed by atoms with van der Waals surface area (Å²) in [6.45, 7) is 4.33. The van der Waals surface area contributed by atoms with Gasteiger partial charge < -0.3 is 15.5 Å². The third-order valence-electron chi connectivity index (χ3n) is 2.01. The maximum absolute atomic E-state index is 11.6. The number of rotatable bonds is 3. The lowest BCUT2D eigenvalue weighted by Gasteiger charge is -2.04. The number of benzene rings is 1. The summed E-state index contributed by atoms with van der Waals surface area (Å²) in [5.74, 6) is -0.816. The third-order valence-corrected chi connectivity index (χ3v) is 2.01. The van der Waals surface area contributed by atoms with Crippen molar-refractivity contribution in [1.29, 1.82) is 0 Å². The van der Waals surface area contributed by atoms with Gasteiger partial charge in [0.1, 0.15) is 0 Å². The van der Waals surface area contributed by atoms with E-state index in [2.05, 4.69) is 5.32 Å². The van der Waals surface area contributed by atoms with Crippen molar-refractivity contribution in [3.8, 4) is 11.5 Å². The van der Waals surface area contributed by atoms with Crippen molar-refractivity contribution in [2.75, 3.05) is 6.54 Å². The van der Waals surface area contributed by atoms with E-state index in [1.807, 2.05) is 19.9 Å². The van der Waals surface area contributed by atoms with Crippen molar-refractivity contribution < 1.29 is 15.0 Å². The number of nitrogens with one attached hydrogen (secondary N) is 1. The molecule has 0 saturated heterocycles. The lowest BCUT2D eigenvalue weighted by atomic mass is 10.2. The molecule has 1 amide bonds. The Kier molecular flexibility index (Phi) is 3.94. The molecule has 4 heteroatoms. The van der Waals surface area contributed by atoms with Gasteiger partial charge in [-0.1, -0.05) is 11.6 Å². The highest BCUT2D eigenvalue weighted by molar-refractivity contribution is 5.94. The van der Waals surface area contributed by atoms with Gasteiger partial charge in [0.25, 0.3) is 5.91 Å². The van der Waals surface area contributed by atoms with Gasteiger partial charge in [0.15, 0.2) is 11.5 Å². The Balaban J connectivity index is 2.66. The van der Waals surface area contributed by atoms with Crippen LogP contribution in [0.15, 0.2) is 29.8 Å². The van der Waals surface area contributed by atoms with Crippen LogP contribution < -0.4 is 5.32 Å². The summed E-state index contributed by atoms with van der Waals surface area (Å²) in [5, 5.41) is 21.0. The van der Waals surface area contributed by atoms with Gasteiger partial charge in [0, 0.05) is 12.1 Å². The number of carbonyl (C=O) groups is 1. The van der Waals surface area contributed by atoms with Gasteiger partial charge in [0.2, 0.25) is 0 Å². The summed E-state index contributed by atoms with van der Waals surface area (Å²) in [4.78, 5) is 11.6. The van der Waals surface area contributed by atoms with Crippen LogP contribution in [0.3, 0.4) is 0 Å². The van der Waals surface area contributed by atoms with E-state index >= 15 is 0 Å². The van der Waals surface area contributed by atoms with Crippen LogP contribution in [0.5, 0.6) is 11.5 Å². The first-order valence-electron chi connectivity index (χ1n) is 4.94. The summed E-state index contributed by atoms with van der Waals surface area (Å²) in [5.41, 5.74) is 1.44. The van der Waals surface area contributed by atoms with Gasteiger partial charge in [-0.2, -0.15) is 0 Å². The predicted octanol–water partition coefficient (Wildman–Crippen LogP) is 1.79. The van der Waals surface area contributed by atoms with E-state index in [1.54, 1.807) is 0 Å². The number of phenolic OH excluding ortho intramolecular Hbond substituents is 2. The highest BCUT2D eigenvalue weighted by Crippen LogP contribution is 2.24. The van der Waals surface area contributed by atoms with E-state index in [1.165, 1.54) is 18.2 Å². The fraction of sp³-hybridized carbons (Fsp3) is 0.250. The quantitative estimate of drug-likeness (QED) is 0.538. The van der Waals surface area contributed by atoms with Crippen LogP contribution in [0.25, 0.3) is 0 Å². The summed E-state index contributed by atoms with van der Waals surface area (Å²) in [6.07, 6.45) is 1.89. The zero-order chi connectivity index (χ0) is 12.1. The molecule has 3 N–H and O–H groups in total. The number of allylic oxidation sites excluding steroid dienone is 1. The van der Waals surface area contributed by atoms with E-state index < -0.39 is 0 Å². The Hall–Kier alpha value is -1.97. The molecule has 1 rings (SSSR count). The average molecular weight is 221 g/mol. The van der Waals surface area contributed by atoms with Crippen molar-refractivity contribution in [1.82, 2.24) is 5.32 Å². The third kappa shape index (κ3) is 3.31. The van der Waals surface area contributed by atoms with Crippen molar-refractivity contribution in [2.45, 2.75) is 13.8 Å². The van der Waals surface area contributed by atoms with Gasteiger partial charge in [-0.3, -0.25) is 4.79 Å². The molecule has 86 valence electrons. The highest BCUT2D eigenvalue weighted by atomic mass is 16.3. The number of phenols is 2. The van der Waals surface area contributed by atoms with E-state index in [0.29, 0.717) is 12.1 Å². The second-order valence-corrected chi connectivity index (χ2v) is 3.69. The molecule has 4 nitrogen and oxygen atoms in total. The molecular weight excluding hydrogens is 206 g/mol. The van der Waals surface area contributed by atoms with Gasteiger partial charge in [-0.05, 0) is 32.0 Å². The minimum atomic E-state index is -0.296. The number of aromatic hydroxyl groups is 2. The van der Waals surface area contributed by atoms with Crippen LogP contribution in [0.4, 0.5) is 0 Å². The summed E-state index contributed by atoms with van der Waals surface area (Å²) >= 11 is 0. The van der Waals surface area contributed by atoms with Crippen molar-refractivity contribution in [3.05, 3.63) is 35.4 Å². The Labute approximate surface area is 94.2 Å². The SMILES string of the molecule is CC(C)=CCNC(=O)c1ccc(O)c(O)c1. The van der Waals surface area contributed by atoms with Gasteiger partial charge >= 0.3 is 0 Å². The zero-order valence-electron chi connectivity index (χ0n) is 9.32. The predicted molar refractivity (Wildman–Crippen MR) is 61.5 cm³/mol. The largest absolute Gasteiger partial charge is 0.504 e. The molecule has 0 aliphatic carbocycles. The maximum atomic E-state index is 11.6. The summed E-state index contributed by atoms with van der Waals surface area (Å²) < 4.78 is 0. The fourth-order valence-corrected chi connectivity index (χ4v) is 1.11. The highest BCUT2D eigenvalue weighted by Gasteiger charge is 2.07. The molecule has 0 unspecified atom stereocenters. The first-order chi connectivity index (χ1) is 7.50. The average Bonchev–Trinajstić information content (AvgIpc) is 2.21. The van der Waals surface area contributed by atoms with Gasteiger partial charge in [-0.15, -0.1) is 0 Å².